The number of ether oxygens (including phenoxy) is 1. The summed E-state index contributed by atoms with van der Waals surface area (Å²) in [7, 11) is 0. The lowest BCUT2D eigenvalue weighted by atomic mass is 10.2. The first-order valence-electron chi connectivity index (χ1n) is 7.34. The first-order chi connectivity index (χ1) is 11.5. The lowest BCUT2D eigenvalue weighted by molar-refractivity contribution is -0.111. The van der Waals surface area contributed by atoms with Crippen molar-refractivity contribution in [2.24, 2.45) is 0 Å². The first-order valence-corrected chi connectivity index (χ1v) is 8.10. The number of hydrogen-bond acceptors (Lipinski definition) is 4. The molecule has 128 valence electrons. The number of benzene rings is 1. The highest BCUT2D eigenvalue weighted by atomic mass is 35.5. The predicted octanol–water partition coefficient (Wildman–Crippen LogP) is 3.16. The van der Waals surface area contributed by atoms with E-state index in [1.165, 1.54) is 4.68 Å². The van der Waals surface area contributed by atoms with Gasteiger partial charge in [-0.2, -0.15) is 5.10 Å². The molecule has 1 N–H and O–H groups in total. The molecule has 0 spiro atoms. The molecule has 0 unspecified atom stereocenters. The van der Waals surface area contributed by atoms with Crippen LogP contribution in [0.15, 0.2) is 30.5 Å². The highest BCUT2D eigenvalue weighted by Crippen LogP contribution is 2.21. The zero-order chi connectivity index (χ0) is 17.5. The van der Waals surface area contributed by atoms with Crippen LogP contribution in [0.1, 0.15) is 28.9 Å². The minimum Gasteiger partial charge on any atom is -0.471 e. The van der Waals surface area contributed by atoms with Gasteiger partial charge in [-0.1, -0.05) is 11.6 Å². The van der Waals surface area contributed by atoms with Crippen LogP contribution in [-0.2, 0) is 11.5 Å². The quantitative estimate of drug-likeness (QED) is 0.572. The molecule has 24 heavy (non-hydrogen) atoms. The molecule has 2 aromatic rings. The van der Waals surface area contributed by atoms with Crippen LogP contribution in [0.5, 0.6) is 5.75 Å². The monoisotopic (exact) mass is 369 g/mol. The fourth-order valence-corrected chi connectivity index (χ4v) is 2.17. The van der Waals surface area contributed by atoms with Crippen molar-refractivity contribution in [1.82, 2.24) is 15.1 Å². The Hall–Kier alpha value is -2.05. The van der Waals surface area contributed by atoms with Crippen molar-refractivity contribution in [2.45, 2.75) is 26.5 Å². The summed E-state index contributed by atoms with van der Waals surface area (Å²) in [5.74, 6) is 0.363. The summed E-state index contributed by atoms with van der Waals surface area (Å²) in [6, 6.07) is 6.96. The van der Waals surface area contributed by atoms with E-state index in [1.807, 2.05) is 13.0 Å². The highest BCUT2D eigenvalue weighted by molar-refractivity contribution is 6.63. The average molecular weight is 370 g/mol. The number of rotatable bonds is 8. The smallest absolute Gasteiger partial charge is 0.271 e. The molecule has 1 heterocycles. The fraction of sp³-hybridized carbons (Fsp3) is 0.312. The summed E-state index contributed by atoms with van der Waals surface area (Å²) >= 11 is 11.2. The minimum absolute atomic E-state index is 0.176. The third kappa shape index (κ3) is 5.54. The largest absolute Gasteiger partial charge is 0.471 e. The van der Waals surface area contributed by atoms with Gasteiger partial charge >= 0.3 is 0 Å². The molecular formula is C16H17Cl2N3O3. The molecule has 2 rings (SSSR count). The SMILES string of the molecule is Cc1cc(OCn2ccc(C(=O)NCCCC(=O)Cl)n2)ccc1Cl. The van der Waals surface area contributed by atoms with Crippen LogP contribution < -0.4 is 10.1 Å². The number of halogens is 2. The molecule has 0 radical (unpaired) electrons. The Morgan fingerprint density at radius 1 is 1.33 bits per heavy atom. The van der Waals surface area contributed by atoms with Crippen molar-refractivity contribution in [2.75, 3.05) is 6.54 Å². The van der Waals surface area contributed by atoms with Gasteiger partial charge in [0, 0.05) is 24.2 Å². The van der Waals surface area contributed by atoms with Crippen LogP contribution in [0.3, 0.4) is 0 Å². The van der Waals surface area contributed by atoms with Gasteiger partial charge in [0.15, 0.2) is 6.73 Å². The zero-order valence-electron chi connectivity index (χ0n) is 13.1. The van der Waals surface area contributed by atoms with Gasteiger partial charge in [0.1, 0.15) is 11.4 Å². The van der Waals surface area contributed by atoms with Crippen molar-refractivity contribution < 1.29 is 14.3 Å². The van der Waals surface area contributed by atoms with Crippen molar-refractivity contribution in [3.05, 3.63) is 46.7 Å². The molecule has 0 atom stereocenters. The number of aromatic nitrogens is 2. The van der Waals surface area contributed by atoms with Crippen molar-refractivity contribution in [3.63, 3.8) is 0 Å². The van der Waals surface area contributed by atoms with E-state index in [1.54, 1.807) is 24.4 Å². The van der Waals surface area contributed by atoms with Gasteiger partial charge in [0.05, 0.1) is 0 Å². The summed E-state index contributed by atoms with van der Waals surface area (Å²) in [5, 5.41) is 7.08. The van der Waals surface area contributed by atoms with E-state index >= 15 is 0 Å². The summed E-state index contributed by atoms with van der Waals surface area (Å²) in [6.45, 7) is 2.43. The summed E-state index contributed by atoms with van der Waals surface area (Å²) < 4.78 is 7.12. The molecule has 0 saturated heterocycles. The average Bonchev–Trinajstić information content (AvgIpc) is 3.01. The van der Waals surface area contributed by atoms with Crippen LogP contribution in [0.25, 0.3) is 0 Å². The van der Waals surface area contributed by atoms with E-state index in [0.717, 1.165) is 5.56 Å². The van der Waals surface area contributed by atoms with E-state index < -0.39 is 5.24 Å². The molecule has 8 heteroatoms. The predicted molar refractivity (Wildman–Crippen MR) is 91.5 cm³/mol. The Labute approximate surface area is 149 Å². The first kappa shape index (κ1) is 18.3. The summed E-state index contributed by atoms with van der Waals surface area (Å²) in [5.41, 5.74) is 1.20. The highest BCUT2D eigenvalue weighted by Gasteiger charge is 2.09. The Morgan fingerprint density at radius 3 is 2.83 bits per heavy atom. The van der Waals surface area contributed by atoms with Gasteiger partial charge in [0.25, 0.3) is 5.91 Å². The second-order valence-electron chi connectivity index (χ2n) is 5.14. The Morgan fingerprint density at radius 2 is 2.12 bits per heavy atom. The molecule has 0 aliphatic carbocycles. The molecule has 1 amide bonds. The van der Waals surface area contributed by atoms with E-state index in [-0.39, 0.29) is 24.8 Å². The number of nitrogens with zero attached hydrogens (tertiary/aromatic N) is 2. The number of amides is 1. The number of hydrogen-bond donors (Lipinski definition) is 1. The Kier molecular flexibility index (Phi) is 6.63. The summed E-state index contributed by atoms with van der Waals surface area (Å²) in [6.07, 6.45) is 2.37. The Balaban J connectivity index is 1.82. The molecule has 0 saturated carbocycles. The molecular weight excluding hydrogens is 353 g/mol. The van der Waals surface area contributed by atoms with Crippen LogP contribution >= 0.6 is 23.2 Å². The Bertz CT molecular complexity index is 731. The van der Waals surface area contributed by atoms with Gasteiger partial charge in [-0.25, -0.2) is 4.68 Å². The summed E-state index contributed by atoms with van der Waals surface area (Å²) in [4.78, 5) is 22.5. The van der Waals surface area contributed by atoms with E-state index in [4.69, 9.17) is 27.9 Å². The number of aryl methyl sites for hydroxylation is 1. The molecule has 1 aromatic heterocycles. The van der Waals surface area contributed by atoms with Crippen molar-refractivity contribution >= 4 is 34.4 Å². The van der Waals surface area contributed by atoms with E-state index in [0.29, 0.717) is 23.7 Å². The van der Waals surface area contributed by atoms with Crippen LogP contribution in [-0.4, -0.2) is 27.5 Å². The second kappa shape index (κ2) is 8.70. The lowest BCUT2D eigenvalue weighted by Crippen LogP contribution is -2.25. The fourth-order valence-electron chi connectivity index (χ4n) is 1.92. The third-order valence-corrected chi connectivity index (χ3v) is 3.81. The standard InChI is InChI=1S/C16H17Cl2N3O3/c1-11-9-12(4-5-13(11)17)24-10-21-8-6-14(20-21)16(23)19-7-2-3-15(18)22/h4-6,8-9H,2-3,7,10H2,1H3,(H,19,23). The maximum atomic E-state index is 11.9. The molecule has 0 bridgehead atoms. The van der Waals surface area contributed by atoms with Crippen LogP contribution in [0.2, 0.25) is 5.02 Å². The molecule has 0 aliphatic heterocycles. The maximum Gasteiger partial charge on any atom is 0.271 e. The van der Waals surface area contributed by atoms with Gasteiger partial charge in [-0.05, 0) is 54.8 Å². The van der Waals surface area contributed by atoms with Crippen LogP contribution in [0.4, 0.5) is 0 Å². The van der Waals surface area contributed by atoms with Gasteiger partial charge < -0.3 is 10.1 Å². The van der Waals surface area contributed by atoms with E-state index in [9.17, 15) is 9.59 Å². The topological polar surface area (TPSA) is 73.2 Å². The van der Waals surface area contributed by atoms with Crippen LogP contribution in [0, 0.1) is 6.92 Å². The normalized spacial score (nSPS) is 10.5. The van der Waals surface area contributed by atoms with E-state index in [2.05, 4.69) is 10.4 Å². The van der Waals surface area contributed by atoms with Gasteiger partial charge in [-0.15, -0.1) is 0 Å². The molecule has 1 aromatic carbocycles. The zero-order valence-corrected chi connectivity index (χ0v) is 14.6. The number of nitrogens with one attached hydrogen (secondary N) is 1. The number of carbonyl (C=O) groups is 2. The van der Waals surface area contributed by atoms with Gasteiger partial charge in [0.2, 0.25) is 5.24 Å². The molecule has 6 nitrogen and oxygen atoms in total. The van der Waals surface area contributed by atoms with Crippen molar-refractivity contribution in [3.8, 4) is 5.75 Å². The number of carbonyl (C=O) groups excluding carboxylic acids is 2. The van der Waals surface area contributed by atoms with Gasteiger partial charge in [-0.3, -0.25) is 9.59 Å². The lowest BCUT2D eigenvalue weighted by Gasteiger charge is -2.07. The van der Waals surface area contributed by atoms with Crippen molar-refractivity contribution in [1.29, 1.82) is 0 Å². The molecule has 0 aliphatic rings. The third-order valence-electron chi connectivity index (χ3n) is 3.20. The second-order valence-corrected chi connectivity index (χ2v) is 5.97. The molecule has 0 fully saturated rings. The maximum absolute atomic E-state index is 11.9. The minimum atomic E-state index is -0.414.